The largest absolute Gasteiger partial charge is 0.374 e. The van der Waals surface area contributed by atoms with Crippen LogP contribution >= 0.6 is 0 Å². The first kappa shape index (κ1) is 17.8. The number of nitrogens with one attached hydrogen (secondary N) is 1. The molecule has 1 heterocycles. The van der Waals surface area contributed by atoms with Crippen LogP contribution < -0.4 is 11.3 Å². The summed E-state index contributed by atoms with van der Waals surface area (Å²) in [4.78, 5) is 0. The van der Waals surface area contributed by atoms with Crippen molar-refractivity contribution in [2.45, 2.75) is 51.7 Å². The first-order chi connectivity index (χ1) is 9.12. The van der Waals surface area contributed by atoms with E-state index in [0.29, 0.717) is 25.6 Å². The quantitative estimate of drug-likeness (QED) is 0.557. The van der Waals surface area contributed by atoms with E-state index in [0.717, 1.165) is 19.3 Å². The Hall–Kier alpha value is -0.210. The summed E-state index contributed by atoms with van der Waals surface area (Å²) >= 11 is 0. The smallest absolute Gasteiger partial charge is 0.211 e. The van der Waals surface area contributed by atoms with Gasteiger partial charge in [0.05, 0.1) is 18.5 Å². The molecular weight excluding hydrogens is 278 g/mol. The maximum atomic E-state index is 11.6. The van der Waals surface area contributed by atoms with E-state index in [1.807, 2.05) is 20.8 Å². The van der Waals surface area contributed by atoms with Crippen LogP contribution in [0.25, 0.3) is 0 Å². The van der Waals surface area contributed by atoms with Crippen LogP contribution in [-0.4, -0.2) is 50.3 Å². The number of ether oxygens (including phenoxy) is 1. The average Bonchev–Trinajstić information content (AvgIpc) is 2.32. The Balaban J connectivity index is 2.49. The molecule has 7 heteroatoms. The van der Waals surface area contributed by atoms with E-state index in [1.54, 1.807) is 4.31 Å². The minimum Gasteiger partial charge on any atom is -0.374 e. The number of hydrogen-bond acceptors (Lipinski definition) is 5. The topological polar surface area (TPSA) is 84.7 Å². The molecule has 1 rings (SSSR count). The van der Waals surface area contributed by atoms with Crippen LogP contribution in [0.1, 0.15) is 40.0 Å². The van der Waals surface area contributed by atoms with Gasteiger partial charge >= 0.3 is 0 Å². The lowest BCUT2D eigenvalue weighted by molar-refractivity contribution is -0.0181. The Morgan fingerprint density at radius 1 is 1.45 bits per heavy atom. The Morgan fingerprint density at radius 3 is 2.60 bits per heavy atom. The van der Waals surface area contributed by atoms with Crippen LogP contribution in [0.5, 0.6) is 0 Å². The van der Waals surface area contributed by atoms with Crippen molar-refractivity contribution in [3.63, 3.8) is 0 Å². The van der Waals surface area contributed by atoms with Gasteiger partial charge in [-0.05, 0) is 46.0 Å². The van der Waals surface area contributed by atoms with Gasteiger partial charge in [-0.2, -0.15) is 0 Å². The van der Waals surface area contributed by atoms with Crippen LogP contribution in [0, 0.1) is 5.92 Å². The predicted octanol–water partition coefficient (Wildman–Crippen LogP) is 0.695. The van der Waals surface area contributed by atoms with Gasteiger partial charge in [-0.3, -0.25) is 11.3 Å². The van der Waals surface area contributed by atoms with E-state index >= 15 is 0 Å². The highest BCUT2D eigenvalue weighted by Gasteiger charge is 2.28. The van der Waals surface area contributed by atoms with Crippen LogP contribution in [0.15, 0.2) is 0 Å². The second kappa shape index (κ2) is 7.17. The van der Waals surface area contributed by atoms with Crippen molar-refractivity contribution < 1.29 is 13.2 Å². The third kappa shape index (κ3) is 6.49. The van der Waals surface area contributed by atoms with Crippen molar-refractivity contribution in [3.8, 4) is 0 Å². The molecule has 0 aliphatic carbocycles. The van der Waals surface area contributed by atoms with Gasteiger partial charge in [-0.15, -0.1) is 0 Å². The number of nitrogens with zero attached hydrogens (tertiary/aromatic N) is 1. The molecular formula is C13H29N3O3S. The zero-order chi connectivity index (χ0) is 15.4. The Bertz CT molecular complexity index is 392. The molecule has 1 fully saturated rings. The molecule has 120 valence electrons. The normalized spacial score (nSPS) is 23.8. The molecule has 0 aromatic carbocycles. The number of piperidine rings is 1. The summed E-state index contributed by atoms with van der Waals surface area (Å²) in [6, 6.07) is 0.0544. The van der Waals surface area contributed by atoms with E-state index in [2.05, 4.69) is 5.43 Å². The highest BCUT2D eigenvalue weighted by atomic mass is 32.2. The average molecular weight is 307 g/mol. The Labute approximate surface area is 123 Å². The van der Waals surface area contributed by atoms with Crippen molar-refractivity contribution in [2.24, 2.45) is 11.8 Å². The Kier molecular flexibility index (Phi) is 6.40. The summed E-state index contributed by atoms with van der Waals surface area (Å²) in [6.45, 7) is 7.78. The van der Waals surface area contributed by atoms with Crippen LogP contribution in [-0.2, 0) is 14.8 Å². The summed E-state index contributed by atoms with van der Waals surface area (Å²) in [5, 5.41) is 0. The Morgan fingerprint density at radius 2 is 2.10 bits per heavy atom. The lowest BCUT2D eigenvalue weighted by atomic mass is 9.93. The van der Waals surface area contributed by atoms with E-state index in [4.69, 9.17) is 10.6 Å². The fourth-order valence-corrected chi connectivity index (χ4v) is 3.40. The zero-order valence-corrected chi connectivity index (χ0v) is 13.9. The fraction of sp³-hybridized carbons (Fsp3) is 1.00. The SMILES string of the molecule is CC(C)(C)OCC(CC1CCCN(S(C)(=O)=O)C1)NN. The molecule has 6 nitrogen and oxygen atoms in total. The van der Waals surface area contributed by atoms with Gasteiger partial charge in [0.15, 0.2) is 0 Å². The highest BCUT2D eigenvalue weighted by Crippen LogP contribution is 2.23. The highest BCUT2D eigenvalue weighted by molar-refractivity contribution is 7.88. The second-order valence-corrected chi connectivity index (χ2v) is 8.63. The summed E-state index contributed by atoms with van der Waals surface area (Å²) in [6.07, 6.45) is 4.06. The summed E-state index contributed by atoms with van der Waals surface area (Å²) in [5.74, 6) is 5.91. The first-order valence-electron chi connectivity index (χ1n) is 7.17. The summed E-state index contributed by atoms with van der Waals surface area (Å²) < 4.78 is 30.5. The van der Waals surface area contributed by atoms with E-state index < -0.39 is 10.0 Å². The number of hydrogen-bond donors (Lipinski definition) is 2. The minimum absolute atomic E-state index is 0.0544. The van der Waals surface area contributed by atoms with Gasteiger partial charge in [0.25, 0.3) is 0 Å². The molecule has 1 aliphatic heterocycles. The molecule has 1 saturated heterocycles. The van der Waals surface area contributed by atoms with Crippen molar-refractivity contribution in [2.75, 3.05) is 26.0 Å². The second-order valence-electron chi connectivity index (χ2n) is 6.65. The van der Waals surface area contributed by atoms with Crippen LogP contribution in [0.2, 0.25) is 0 Å². The van der Waals surface area contributed by atoms with E-state index in [9.17, 15) is 8.42 Å². The number of hydrazine groups is 1. The maximum Gasteiger partial charge on any atom is 0.211 e. The molecule has 2 atom stereocenters. The van der Waals surface area contributed by atoms with Crippen LogP contribution in [0.3, 0.4) is 0 Å². The molecule has 0 saturated carbocycles. The molecule has 0 aromatic heterocycles. The van der Waals surface area contributed by atoms with Crippen molar-refractivity contribution in [1.82, 2.24) is 9.73 Å². The maximum absolute atomic E-state index is 11.6. The van der Waals surface area contributed by atoms with Crippen molar-refractivity contribution in [1.29, 1.82) is 0 Å². The lowest BCUT2D eigenvalue weighted by Crippen LogP contribution is -2.45. The van der Waals surface area contributed by atoms with Gasteiger partial charge in [-0.25, -0.2) is 12.7 Å². The lowest BCUT2D eigenvalue weighted by Gasteiger charge is -2.33. The molecule has 0 aromatic rings. The van der Waals surface area contributed by atoms with Crippen molar-refractivity contribution >= 4 is 10.0 Å². The predicted molar refractivity (Wildman–Crippen MR) is 80.6 cm³/mol. The number of nitrogens with two attached hydrogens (primary N) is 1. The van der Waals surface area contributed by atoms with E-state index in [1.165, 1.54) is 6.26 Å². The molecule has 0 bridgehead atoms. The third-order valence-electron chi connectivity index (χ3n) is 3.52. The third-order valence-corrected chi connectivity index (χ3v) is 4.79. The van der Waals surface area contributed by atoms with Gasteiger partial charge in [0, 0.05) is 19.1 Å². The van der Waals surface area contributed by atoms with Gasteiger partial charge in [0.1, 0.15) is 0 Å². The monoisotopic (exact) mass is 307 g/mol. The number of rotatable bonds is 6. The molecule has 2 unspecified atom stereocenters. The van der Waals surface area contributed by atoms with Gasteiger partial charge in [0.2, 0.25) is 10.0 Å². The van der Waals surface area contributed by atoms with Crippen LogP contribution in [0.4, 0.5) is 0 Å². The fourth-order valence-electron chi connectivity index (χ4n) is 2.46. The molecule has 1 aliphatic rings. The first-order valence-corrected chi connectivity index (χ1v) is 9.02. The van der Waals surface area contributed by atoms with E-state index in [-0.39, 0.29) is 11.6 Å². The molecule has 0 radical (unpaired) electrons. The molecule has 20 heavy (non-hydrogen) atoms. The zero-order valence-electron chi connectivity index (χ0n) is 13.1. The summed E-state index contributed by atoms with van der Waals surface area (Å²) in [5.41, 5.74) is 2.59. The minimum atomic E-state index is -3.09. The molecule has 0 amide bonds. The van der Waals surface area contributed by atoms with Gasteiger partial charge < -0.3 is 4.74 Å². The molecule has 3 N–H and O–H groups in total. The molecule has 0 spiro atoms. The standard InChI is InChI=1S/C13H29N3O3S/c1-13(2,3)19-10-12(15-14)8-11-6-5-7-16(9-11)20(4,17)18/h11-12,15H,5-10,14H2,1-4H3. The summed E-state index contributed by atoms with van der Waals surface area (Å²) in [7, 11) is -3.09. The number of sulfonamides is 1. The van der Waals surface area contributed by atoms with Gasteiger partial charge in [-0.1, -0.05) is 0 Å². The van der Waals surface area contributed by atoms with Crippen molar-refractivity contribution in [3.05, 3.63) is 0 Å².